The molecule has 138 valence electrons. The molecule has 6 heteroatoms. The highest BCUT2D eigenvalue weighted by atomic mass is 35.5. The summed E-state index contributed by atoms with van der Waals surface area (Å²) in [6, 6.07) is 5.41. The van der Waals surface area contributed by atoms with E-state index < -0.39 is 0 Å². The molecular formula is C19H27Cl2N3O. The molecule has 0 aliphatic carbocycles. The van der Waals surface area contributed by atoms with Crippen LogP contribution in [-0.2, 0) is 4.79 Å². The second-order valence-corrected chi connectivity index (χ2v) is 7.86. The normalized spacial score (nSPS) is 22.5. The summed E-state index contributed by atoms with van der Waals surface area (Å²) >= 11 is 12.1. The summed E-state index contributed by atoms with van der Waals surface area (Å²) < 4.78 is 0. The molecule has 1 amide bonds. The van der Waals surface area contributed by atoms with Gasteiger partial charge in [-0.2, -0.15) is 0 Å². The summed E-state index contributed by atoms with van der Waals surface area (Å²) in [5, 5.41) is 1.07. The minimum atomic E-state index is -0.166. The molecule has 2 aliphatic rings. The average molecular weight is 384 g/mol. The van der Waals surface area contributed by atoms with Gasteiger partial charge in [-0.1, -0.05) is 29.6 Å². The molecule has 25 heavy (non-hydrogen) atoms. The van der Waals surface area contributed by atoms with Gasteiger partial charge in [-0.05, 0) is 64.0 Å². The molecule has 2 saturated heterocycles. The monoisotopic (exact) mass is 383 g/mol. The van der Waals surface area contributed by atoms with Crippen LogP contribution >= 0.6 is 23.2 Å². The average Bonchev–Trinajstić information content (AvgIpc) is 2.62. The zero-order valence-electron chi connectivity index (χ0n) is 14.9. The molecule has 0 N–H and O–H groups in total. The van der Waals surface area contributed by atoms with E-state index in [1.165, 1.54) is 32.4 Å². The fraction of sp³-hybridized carbons (Fsp3) is 0.632. The summed E-state index contributed by atoms with van der Waals surface area (Å²) in [6.45, 7) is 7.97. The number of nitrogens with zero attached hydrogens (tertiary/aromatic N) is 3. The predicted molar refractivity (Wildman–Crippen MR) is 105 cm³/mol. The van der Waals surface area contributed by atoms with Crippen LogP contribution in [-0.4, -0.2) is 61.0 Å². The summed E-state index contributed by atoms with van der Waals surface area (Å²) in [7, 11) is 0. The van der Waals surface area contributed by atoms with Gasteiger partial charge in [0, 0.05) is 25.3 Å². The van der Waals surface area contributed by atoms with Crippen molar-refractivity contribution in [2.45, 2.75) is 38.6 Å². The Labute approximate surface area is 160 Å². The van der Waals surface area contributed by atoms with Gasteiger partial charge in [-0.15, -0.1) is 0 Å². The smallest absolute Gasteiger partial charge is 0.245 e. The molecule has 0 saturated carbocycles. The van der Waals surface area contributed by atoms with E-state index in [0.29, 0.717) is 10.0 Å². The Morgan fingerprint density at radius 3 is 2.48 bits per heavy atom. The lowest BCUT2D eigenvalue weighted by molar-refractivity contribution is -0.134. The first-order chi connectivity index (χ1) is 12.1. The molecular weight excluding hydrogens is 357 g/mol. The fourth-order valence-electron chi connectivity index (χ4n) is 3.84. The van der Waals surface area contributed by atoms with Crippen LogP contribution in [0.25, 0.3) is 0 Å². The van der Waals surface area contributed by atoms with Gasteiger partial charge in [0.1, 0.15) is 6.04 Å². The van der Waals surface area contributed by atoms with Crippen LogP contribution < -0.4 is 4.90 Å². The lowest BCUT2D eigenvalue weighted by Crippen LogP contribution is -2.56. The summed E-state index contributed by atoms with van der Waals surface area (Å²) in [5.41, 5.74) is 0.961. The van der Waals surface area contributed by atoms with Crippen molar-refractivity contribution < 1.29 is 4.79 Å². The van der Waals surface area contributed by atoms with Gasteiger partial charge in [0.05, 0.1) is 10.0 Å². The maximum absolute atomic E-state index is 12.8. The second kappa shape index (κ2) is 8.61. The van der Waals surface area contributed by atoms with Gasteiger partial charge in [0.2, 0.25) is 5.91 Å². The van der Waals surface area contributed by atoms with Gasteiger partial charge < -0.3 is 14.7 Å². The van der Waals surface area contributed by atoms with Gasteiger partial charge in [0.25, 0.3) is 0 Å². The third-order valence-electron chi connectivity index (χ3n) is 5.33. The summed E-state index contributed by atoms with van der Waals surface area (Å²) in [4.78, 5) is 19.4. The topological polar surface area (TPSA) is 26.8 Å². The van der Waals surface area contributed by atoms with E-state index >= 15 is 0 Å². The SMILES string of the molecule is C[C@H]1C(=O)N(CCCN2CCCCC2)CCN1c1ccc(Cl)c(Cl)c1. The van der Waals surface area contributed by atoms with Crippen molar-refractivity contribution >= 4 is 34.8 Å². The molecule has 0 aromatic heterocycles. The van der Waals surface area contributed by atoms with Crippen molar-refractivity contribution in [2.24, 2.45) is 0 Å². The molecule has 2 aliphatic heterocycles. The van der Waals surface area contributed by atoms with Crippen molar-refractivity contribution in [3.63, 3.8) is 0 Å². The molecule has 1 aromatic rings. The Kier molecular flexibility index (Phi) is 6.48. The predicted octanol–water partition coefficient (Wildman–Crippen LogP) is 3.91. The quantitative estimate of drug-likeness (QED) is 0.770. The zero-order chi connectivity index (χ0) is 17.8. The van der Waals surface area contributed by atoms with Crippen LogP contribution in [0.3, 0.4) is 0 Å². The Morgan fingerprint density at radius 1 is 1.00 bits per heavy atom. The van der Waals surface area contributed by atoms with Gasteiger partial charge >= 0.3 is 0 Å². The number of likely N-dealkylation sites (tertiary alicyclic amines) is 1. The molecule has 2 fully saturated rings. The maximum atomic E-state index is 12.8. The van der Waals surface area contributed by atoms with Crippen LogP contribution in [0.2, 0.25) is 10.0 Å². The molecule has 3 rings (SSSR count). The van der Waals surface area contributed by atoms with Gasteiger partial charge in [-0.25, -0.2) is 0 Å². The van der Waals surface area contributed by atoms with Gasteiger partial charge in [-0.3, -0.25) is 4.79 Å². The molecule has 0 radical (unpaired) electrons. The van der Waals surface area contributed by atoms with Crippen LogP contribution in [0.1, 0.15) is 32.6 Å². The number of carbonyl (C=O) groups excluding carboxylic acids is 1. The first-order valence-corrected chi connectivity index (χ1v) is 10.0. The van der Waals surface area contributed by atoms with Crippen LogP contribution in [0.4, 0.5) is 5.69 Å². The summed E-state index contributed by atoms with van der Waals surface area (Å²) in [6.07, 6.45) is 5.06. The largest absolute Gasteiger partial charge is 0.358 e. The maximum Gasteiger partial charge on any atom is 0.245 e. The number of halogens is 2. The van der Waals surface area contributed by atoms with Gasteiger partial charge in [0.15, 0.2) is 0 Å². The number of anilines is 1. The molecule has 2 heterocycles. The number of piperidine rings is 1. The highest BCUT2D eigenvalue weighted by Crippen LogP contribution is 2.29. The second-order valence-electron chi connectivity index (χ2n) is 7.05. The number of rotatable bonds is 5. The highest BCUT2D eigenvalue weighted by molar-refractivity contribution is 6.42. The number of piperazine rings is 1. The fourth-order valence-corrected chi connectivity index (χ4v) is 4.13. The lowest BCUT2D eigenvalue weighted by atomic mass is 10.1. The van der Waals surface area contributed by atoms with E-state index in [4.69, 9.17) is 23.2 Å². The molecule has 0 bridgehead atoms. The van der Waals surface area contributed by atoms with E-state index in [0.717, 1.165) is 38.3 Å². The number of hydrogen-bond acceptors (Lipinski definition) is 3. The molecule has 0 unspecified atom stereocenters. The van der Waals surface area contributed by atoms with Crippen molar-refractivity contribution in [3.8, 4) is 0 Å². The Morgan fingerprint density at radius 2 is 1.76 bits per heavy atom. The zero-order valence-corrected chi connectivity index (χ0v) is 16.4. The van der Waals surface area contributed by atoms with Crippen LogP contribution in [0, 0.1) is 0 Å². The third kappa shape index (κ3) is 4.60. The van der Waals surface area contributed by atoms with E-state index in [1.54, 1.807) is 6.07 Å². The summed E-state index contributed by atoms with van der Waals surface area (Å²) in [5.74, 6) is 0.205. The van der Waals surface area contributed by atoms with Crippen molar-refractivity contribution in [1.29, 1.82) is 0 Å². The molecule has 1 atom stereocenters. The Hall–Kier alpha value is -0.970. The minimum absolute atomic E-state index is 0.166. The van der Waals surface area contributed by atoms with Crippen LogP contribution in [0.5, 0.6) is 0 Å². The van der Waals surface area contributed by atoms with Crippen molar-refractivity contribution in [2.75, 3.05) is 44.2 Å². The Bertz CT molecular complexity index is 604. The third-order valence-corrected chi connectivity index (χ3v) is 6.07. The van der Waals surface area contributed by atoms with Crippen LogP contribution in [0.15, 0.2) is 18.2 Å². The number of carbonyl (C=O) groups is 1. The van der Waals surface area contributed by atoms with E-state index in [1.807, 2.05) is 24.0 Å². The van der Waals surface area contributed by atoms with E-state index in [2.05, 4.69) is 9.80 Å². The number of amides is 1. The van der Waals surface area contributed by atoms with Crippen molar-refractivity contribution in [1.82, 2.24) is 9.80 Å². The standard InChI is InChI=1S/C19H27Cl2N3O/c1-15-19(25)23(11-5-10-22-8-3-2-4-9-22)12-13-24(15)16-6-7-17(20)18(21)14-16/h6-7,14-15H,2-5,8-13H2,1H3/t15-/m0/s1. The van der Waals surface area contributed by atoms with E-state index in [-0.39, 0.29) is 11.9 Å². The molecule has 1 aromatic carbocycles. The molecule has 4 nitrogen and oxygen atoms in total. The first-order valence-electron chi connectivity index (χ1n) is 9.29. The highest BCUT2D eigenvalue weighted by Gasteiger charge is 2.31. The Balaban J connectivity index is 1.53. The minimum Gasteiger partial charge on any atom is -0.358 e. The van der Waals surface area contributed by atoms with Crippen molar-refractivity contribution in [3.05, 3.63) is 28.2 Å². The number of benzene rings is 1. The lowest BCUT2D eigenvalue weighted by Gasteiger charge is -2.41. The first kappa shape index (κ1) is 18.8. The van der Waals surface area contributed by atoms with E-state index in [9.17, 15) is 4.79 Å². The molecule has 0 spiro atoms. The number of hydrogen-bond donors (Lipinski definition) is 0.